The van der Waals surface area contributed by atoms with Crippen molar-refractivity contribution >= 4 is 50.2 Å². The molecule has 5 rings (SSSR count). The largest absolute Gasteiger partial charge is 0.457 e. The number of nitrogens with zero attached hydrogens (tertiary/aromatic N) is 4. The molecule has 5 aromatic rings. The zero-order valence-corrected chi connectivity index (χ0v) is 21.2. The Bertz CT molecular complexity index is 1670. The van der Waals surface area contributed by atoms with Crippen molar-refractivity contribution in [2.24, 2.45) is 0 Å². The minimum atomic E-state index is -4.80. The van der Waals surface area contributed by atoms with Crippen LogP contribution in [0.1, 0.15) is 16.2 Å². The van der Waals surface area contributed by atoms with E-state index in [2.05, 4.69) is 31.3 Å². The molecule has 3 aromatic heterocycles. The highest BCUT2D eigenvalue weighted by Crippen LogP contribution is 2.36. The van der Waals surface area contributed by atoms with Gasteiger partial charge in [0.05, 0.1) is 31.7 Å². The summed E-state index contributed by atoms with van der Waals surface area (Å²) in [5, 5.41) is 19.5. The van der Waals surface area contributed by atoms with Crippen molar-refractivity contribution in [1.82, 2.24) is 14.6 Å². The van der Waals surface area contributed by atoms with Crippen molar-refractivity contribution in [3.8, 4) is 22.1 Å². The van der Waals surface area contributed by atoms with Gasteiger partial charge in [-0.15, -0.1) is 11.3 Å². The number of fused-ring (bicyclic) bond motifs is 1. The highest BCUT2D eigenvalue weighted by atomic mass is 79.9. The van der Waals surface area contributed by atoms with Crippen LogP contribution >= 0.6 is 27.3 Å². The molecule has 14 heteroatoms. The normalized spacial score (nSPS) is 11.5. The number of thiophene rings is 1. The van der Waals surface area contributed by atoms with E-state index >= 15 is 0 Å². The molecule has 0 bridgehead atoms. The summed E-state index contributed by atoms with van der Waals surface area (Å²) in [7, 11) is 0. The lowest BCUT2D eigenvalue weighted by atomic mass is 10.2. The first-order chi connectivity index (χ1) is 18.1. The molecule has 9 nitrogen and oxygen atoms in total. The SMILES string of the molecule is O=C(Nc1cc(Oc2ccccc2)cc([N+](=O)[O-])c1)c1nn2c(C(F)(F)F)cc(-c3cccs3)nc2c1Br. The number of ether oxygens (including phenoxy) is 1. The van der Waals surface area contributed by atoms with Gasteiger partial charge in [0.1, 0.15) is 11.5 Å². The second-order valence-electron chi connectivity index (χ2n) is 7.74. The highest BCUT2D eigenvalue weighted by molar-refractivity contribution is 9.10. The van der Waals surface area contributed by atoms with E-state index in [4.69, 9.17) is 4.74 Å². The molecule has 0 aliphatic carbocycles. The maximum atomic E-state index is 13.9. The van der Waals surface area contributed by atoms with Crippen LogP contribution < -0.4 is 10.1 Å². The van der Waals surface area contributed by atoms with Gasteiger partial charge in [0.25, 0.3) is 11.6 Å². The third kappa shape index (κ3) is 5.08. The third-order valence-electron chi connectivity index (χ3n) is 5.15. The van der Waals surface area contributed by atoms with Gasteiger partial charge in [0.2, 0.25) is 0 Å². The summed E-state index contributed by atoms with van der Waals surface area (Å²) in [6.45, 7) is 0. The molecule has 0 spiro atoms. The lowest BCUT2D eigenvalue weighted by Crippen LogP contribution is -2.16. The van der Waals surface area contributed by atoms with Crippen LogP contribution in [0.2, 0.25) is 0 Å². The molecule has 0 radical (unpaired) electrons. The smallest absolute Gasteiger partial charge is 0.433 e. The van der Waals surface area contributed by atoms with Crippen LogP contribution in [0, 0.1) is 10.1 Å². The second kappa shape index (κ2) is 9.87. The van der Waals surface area contributed by atoms with Crippen molar-refractivity contribution in [3.05, 3.63) is 98.1 Å². The number of amides is 1. The monoisotopic (exact) mass is 603 g/mol. The van der Waals surface area contributed by atoms with Crippen molar-refractivity contribution < 1.29 is 27.6 Å². The minimum Gasteiger partial charge on any atom is -0.457 e. The number of halogens is 4. The summed E-state index contributed by atoms with van der Waals surface area (Å²) in [6, 6.07) is 16.2. The first kappa shape index (κ1) is 25.4. The number of anilines is 1. The first-order valence-corrected chi connectivity index (χ1v) is 12.3. The van der Waals surface area contributed by atoms with Gasteiger partial charge in [-0.25, -0.2) is 9.50 Å². The fraction of sp³-hybridized carbons (Fsp3) is 0.0417. The van der Waals surface area contributed by atoms with Crippen molar-refractivity contribution in [3.63, 3.8) is 0 Å². The number of para-hydroxylation sites is 1. The maximum absolute atomic E-state index is 13.9. The fourth-order valence-electron chi connectivity index (χ4n) is 3.52. The van der Waals surface area contributed by atoms with Crippen LogP contribution in [0.15, 0.2) is 76.6 Å². The van der Waals surface area contributed by atoms with Crippen LogP contribution in [-0.2, 0) is 6.18 Å². The van der Waals surface area contributed by atoms with E-state index in [0.717, 1.165) is 12.1 Å². The Morgan fingerprint density at radius 1 is 1.08 bits per heavy atom. The van der Waals surface area contributed by atoms with Crippen LogP contribution in [0.4, 0.5) is 24.5 Å². The van der Waals surface area contributed by atoms with Gasteiger partial charge >= 0.3 is 6.18 Å². The zero-order chi connectivity index (χ0) is 27.0. The summed E-state index contributed by atoms with van der Waals surface area (Å²) >= 11 is 4.37. The van der Waals surface area contributed by atoms with E-state index in [-0.39, 0.29) is 32.9 Å². The van der Waals surface area contributed by atoms with Crippen LogP contribution in [-0.4, -0.2) is 25.4 Å². The van der Waals surface area contributed by atoms with E-state index in [1.807, 2.05) is 0 Å². The molecule has 0 aliphatic rings. The fourth-order valence-corrected chi connectivity index (χ4v) is 4.73. The Morgan fingerprint density at radius 2 is 1.84 bits per heavy atom. The van der Waals surface area contributed by atoms with Gasteiger partial charge in [-0.3, -0.25) is 14.9 Å². The zero-order valence-electron chi connectivity index (χ0n) is 18.8. The number of rotatable bonds is 6. The molecule has 1 N–H and O–H groups in total. The number of non-ortho nitro benzene ring substituents is 1. The molecule has 0 saturated carbocycles. The number of carbonyl (C=O) groups excluding carboxylic acids is 1. The Hall–Kier alpha value is -4.30. The van der Waals surface area contributed by atoms with Gasteiger partial charge in [-0.2, -0.15) is 18.3 Å². The Morgan fingerprint density at radius 3 is 2.50 bits per heavy atom. The lowest BCUT2D eigenvalue weighted by molar-refractivity contribution is -0.384. The van der Waals surface area contributed by atoms with Crippen LogP contribution in [0.3, 0.4) is 0 Å². The number of benzene rings is 2. The van der Waals surface area contributed by atoms with E-state index in [1.54, 1.807) is 47.8 Å². The van der Waals surface area contributed by atoms with Gasteiger partial charge < -0.3 is 10.1 Å². The summed E-state index contributed by atoms with van der Waals surface area (Å²) in [5.41, 5.74) is -2.08. The molecular formula is C24H13BrF3N5O4S. The molecule has 0 unspecified atom stereocenters. The number of nitro benzene ring substituents is 1. The number of nitro groups is 1. The summed E-state index contributed by atoms with van der Waals surface area (Å²) < 4.78 is 47.8. The Balaban J connectivity index is 1.54. The molecular weight excluding hydrogens is 591 g/mol. The van der Waals surface area contributed by atoms with Gasteiger partial charge in [-0.05, 0) is 45.6 Å². The molecule has 0 fully saturated rings. The van der Waals surface area contributed by atoms with Crippen LogP contribution in [0.25, 0.3) is 16.2 Å². The highest BCUT2D eigenvalue weighted by Gasteiger charge is 2.36. The lowest BCUT2D eigenvalue weighted by Gasteiger charge is -2.10. The summed E-state index contributed by atoms with van der Waals surface area (Å²) in [4.78, 5) is 28.6. The second-order valence-corrected chi connectivity index (χ2v) is 9.48. The number of aromatic nitrogens is 3. The maximum Gasteiger partial charge on any atom is 0.433 e. The number of hydrogen-bond acceptors (Lipinski definition) is 7. The van der Waals surface area contributed by atoms with E-state index in [1.165, 1.54) is 23.5 Å². The average molecular weight is 604 g/mol. The Kier molecular flexibility index (Phi) is 6.59. The standard InChI is InChI=1S/C24H13BrF3N5O4S/c25-20-21(31-32-19(24(26,27)28)12-17(30-22(20)32)18-7-4-8-38-18)23(34)29-13-9-14(33(35)36)11-16(10-13)37-15-5-2-1-3-6-15/h1-12H,(H,29,34). The quantitative estimate of drug-likeness (QED) is 0.162. The summed E-state index contributed by atoms with van der Waals surface area (Å²) in [5.74, 6) is -0.448. The first-order valence-electron chi connectivity index (χ1n) is 10.6. The average Bonchev–Trinajstić information content (AvgIpc) is 3.52. The van der Waals surface area contributed by atoms with Gasteiger partial charge in [-0.1, -0.05) is 24.3 Å². The predicted molar refractivity (Wildman–Crippen MR) is 137 cm³/mol. The molecule has 3 heterocycles. The number of nitrogens with one attached hydrogen (secondary N) is 1. The molecule has 0 atom stereocenters. The number of carbonyl (C=O) groups is 1. The van der Waals surface area contributed by atoms with Gasteiger partial charge in [0, 0.05) is 12.1 Å². The topological polar surface area (TPSA) is 112 Å². The molecule has 192 valence electrons. The van der Waals surface area contributed by atoms with E-state index in [9.17, 15) is 28.1 Å². The van der Waals surface area contributed by atoms with E-state index < -0.39 is 28.4 Å². The minimum absolute atomic E-state index is 0.0256. The van der Waals surface area contributed by atoms with Crippen molar-refractivity contribution in [2.45, 2.75) is 6.18 Å². The number of alkyl halides is 3. The van der Waals surface area contributed by atoms with Crippen LogP contribution in [0.5, 0.6) is 11.5 Å². The van der Waals surface area contributed by atoms with Gasteiger partial charge in [0.15, 0.2) is 17.0 Å². The third-order valence-corrected chi connectivity index (χ3v) is 6.77. The molecule has 2 aromatic carbocycles. The predicted octanol–water partition coefficient (Wildman–Crippen LogP) is 7.19. The van der Waals surface area contributed by atoms with E-state index in [0.29, 0.717) is 15.1 Å². The molecule has 0 aliphatic heterocycles. The molecule has 0 saturated heterocycles. The molecule has 38 heavy (non-hydrogen) atoms. The molecule has 1 amide bonds. The summed E-state index contributed by atoms with van der Waals surface area (Å²) in [6.07, 6.45) is -4.80. The van der Waals surface area contributed by atoms with Crippen molar-refractivity contribution in [1.29, 1.82) is 0 Å². The Labute approximate surface area is 223 Å². The van der Waals surface area contributed by atoms with Crippen molar-refractivity contribution in [2.75, 3.05) is 5.32 Å². The number of hydrogen-bond donors (Lipinski definition) is 1.